The predicted octanol–water partition coefficient (Wildman–Crippen LogP) is 1.60. The molecule has 1 aromatic heterocycles. The molecule has 30 heavy (non-hydrogen) atoms. The van der Waals surface area contributed by atoms with E-state index in [2.05, 4.69) is 26.8 Å². The third-order valence-electron chi connectivity index (χ3n) is 4.70. The van der Waals surface area contributed by atoms with Crippen molar-refractivity contribution in [1.82, 2.24) is 31.5 Å². The van der Waals surface area contributed by atoms with Crippen LogP contribution in [-0.4, -0.2) is 32.7 Å². The smallest absolute Gasteiger partial charge is 0.294 e. The highest BCUT2D eigenvalue weighted by Crippen LogP contribution is 2.24. The maximum absolute atomic E-state index is 12.4. The summed E-state index contributed by atoms with van der Waals surface area (Å²) < 4.78 is 1.38. The van der Waals surface area contributed by atoms with Gasteiger partial charge in [0.2, 0.25) is 0 Å². The molecule has 0 aliphatic carbocycles. The molecule has 0 radical (unpaired) electrons. The van der Waals surface area contributed by atoms with Gasteiger partial charge in [-0.3, -0.25) is 20.4 Å². The Labute approximate surface area is 177 Å². The summed E-state index contributed by atoms with van der Waals surface area (Å²) in [5, 5.41) is 14.7. The monoisotopic (exact) mass is 426 g/mol. The van der Waals surface area contributed by atoms with Gasteiger partial charge < -0.3 is 5.11 Å². The summed E-state index contributed by atoms with van der Waals surface area (Å²) in [6.45, 7) is 0. The molecule has 0 bridgehead atoms. The quantitative estimate of drug-likeness (QED) is 0.404. The van der Waals surface area contributed by atoms with Crippen LogP contribution < -0.4 is 21.7 Å². The largest absolute Gasteiger partial charge is 0.504 e. The topological polar surface area (TPSA) is 120 Å². The number of rotatable bonds is 4. The Kier molecular flexibility index (Phi) is 5.66. The minimum absolute atomic E-state index is 0.0965. The highest BCUT2D eigenvalue weighted by Gasteiger charge is 2.30. The van der Waals surface area contributed by atoms with Gasteiger partial charge in [0.15, 0.2) is 11.4 Å². The lowest BCUT2D eigenvalue weighted by Crippen LogP contribution is -2.50. The van der Waals surface area contributed by atoms with Gasteiger partial charge in [-0.15, -0.1) is 0 Å². The number of aromatic hydroxyl groups is 1. The van der Waals surface area contributed by atoms with Crippen molar-refractivity contribution >= 4 is 23.4 Å². The van der Waals surface area contributed by atoms with E-state index in [4.69, 9.17) is 11.6 Å². The molecule has 1 aliphatic heterocycles. The highest BCUT2D eigenvalue weighted by atomic mass is 35.5. The molecule has 1 aliphatic rings. The molecule has 2 aromatic carbocycles. The summed E-state index contributed by atoms with van der Waals surface area (Å²) in [5.74, 6) is -1.46. The molecule has 10 heteroatoms. The summed E-state index contributed by atoms with van der Waals surface area (Å²) in [6.07, 6.45) is 1.79. The van der Waals surface area contributed by atoms with Crippen LogP contribution in [-0.2, 0) is 4.79 Å². The van der Waals surface area contributed by atoms with Crippen LogP contribution in [0.5, 0.6) is 5.75 Å². The Hall–Kier alpha value is -3.40. The fourth-order valence-electron chi connectivity index (χ4n) is 3.17. The van der Waals surface area contributed by atoms with Gasteiger partial charge in [0.1, 0.15) is 6.04 Å². The van der Waals surface area contributed by atoms with Crippen LogP contribution in [0, 0.1) is 0 Å². The van der Waals surface area contributed by atoms with E-state index in [1.54, 1.807) is 18.2 Å². The van der Waals surface area contributed by atoms with E-state index in [0.717, 1.165) is 5.56 Å². The van der Waals surface area contributed by atoms with E-state index in [1.807, 2.05) is 36.4 Å². The molecule has 2 unspecified atom stereocenters. The second-order valence-corrected chi connectivity index (χ2v) is 7.21. The summed E-state index contributed by atoms with van der Waals surface area (Å²) in [5.41, 5.74) is 12.0. The van der Waals surface area contributed by atoms with Gasteiger partial charge in [-0.1, -0.05) is 41.9 Å². The maximum atomic E-state index is 12.4. The second-order valence-electron chi connectivity index (χ2n) is 6.77. The molecule has 2 amide bonds. The van der Waals surface area contributed by atoms with Crippen molar-refractivity contribution in [3.05, 3.63) is 77.1 Å². The molecule has 0 spiro atoms. The van der Waals surface area contributed by atoms with Gasteiger partial charge >= 0.3 is 0 Å². The number of amides is 2. The molecule has 2 atom stereocenters. The zero-order chi connectivity index (χ0) is 21.1. The zero-order valence-corrected chi connectivity index (χ0v) is 16.4. The van der Waals surface area contributed by atoms with E-state index in [0.29, 0.717) is 17.1 Å². The normalized spacial score (nSPS) is 18.2. The molecule has 9 nitrogen and oxygen atoms in total. The van der Waals surface area contributed by atoms with Gasteiger partial charge in [0, 0.05) is 11.1 Å². The van der Waals surface area contributed by atoms with Crippen LogP contribution in [0.2, 0.25) is 5.02 Å². The number of hydrogen-bond donors (Lipinski definition) is 5. The first-order valence-electron chi connectivity index (χ1n) is 9.22. The van der Waals surface area contributed by atoms with E-state index >= 15 is 0 Å². The first-order chi connectivity index (χ1) is 14.5. The summed E-state index contributed by atoms with van der Waals surface area (Å²) >= 11 is 6.02. The first-order valence-corrected chi connectivity index (χ1v) is 9.60. The van der Waals surface area contributed by atoms with E-state index in [-0.39, 0.29) is 17.5 Å². The first kappa shape index (κ1) is 19.9. The van der Waals surface area contributed by atoms with E-state index in [1.165, 1.54) is 10.9 Å². The lowest BCUT2D eigenvalue weighted by molar-refractivity contribution is -0.123. The maximum Gasteiger partial charge on any atom is 0.294 e. The number of aromatic nitrogens is 2. The number of carbonyl (C=O) groups excluding carboxylic acids is 2. The minimum Gasteiger partial charge on any atom is -0.504 e. The average molecular weight is 427 g/mol. The minimum atomic E-state index is -0.729. The average Bonchev–Trinajstić information content (AvgIpc) is 3.40. The molecule has 4 rings (SSSR count). The van der Waals surface area contributed by atoms with Gasteiger partial charge in [-0.05, 0) is 36.2 Å². The van der Waals surface area contributed by atoms with Crippen molar-refractivity contribution in [2.45, 2.75) is 18.5 Å². The number of halogens is 1. The molecule has 1 saturated heterocycles. The van der Waals surface area contributed by atoms with Crippen molar-refractivity contribution in [3.63, 3.8) is 0 Å². The number of hydrazine groups is 2. The Balaban J connectivity index is 1.34. The van der Waals surface area contributed by atoms with Crippen molar-refractivity contribution in [3.8, 4) is 11.4 Å². The number of nitrogens with one attached hydrogen (secondary N) is 4. The van der Waals surface area contributed by atoms with Crippen LogP contribution >= 0.6 is 11.6 Å². The standard InChI is InChI=1S/C20H19ClN6O3/c21-13-6-4-5-12(9-13)15-10-16(23-22-15)19(29)24-25-20(30)18-17(28)11-27(26-18)14-7-2-1-3-8-14/h1-9,11,15-16,22-23,28H,10H2,(H,24,29)(H,25,30). The Bertz CT molecular complexity index is 1070. The fraction of sp³-hybridized carbons (Fsp3) is 0.150. The van der Waals surface area contributed by atoms with E-state index in [9.17, 15) is 14.7 Å². The van der Waals surface area contributed by atoms with Gasteiger partial charge in [-0.2, -0.15) is 5.10 Å². The van der Waals surface area contributed by atoms with Crippen LogP contribution in [0.1, 0.15) is 28.5 Å². The van der Waals surface area contributed by atoms with Crippen molar-refractivity contribution < 1.29 is 14.7 Å². The van der Waals surface area contributed by atoms with Crippen LogP contribution in [0.3, 0.4) is 0 Å². The summed E-state index contributed by atoms with van der Waals surface area (Å²) in [6, 6.07) is 15.7. The van der Waals surface area contributed by atoms with Crippen molar-refractivity contribution in [1.29, 1.82) is 0 Å². The zero-order valence-electron chi connectivity index (χ0n) is 15.7. The van der Waals surface area contributed by atoms with E-state index < -0.39 is 17.9 Å². The molecule has 3 aromatic rings. The number of nitrogens with zero attached hydrogens (tertiary/aromatic N) is 2. The number of carbonyl (C=O) groups is 2. The van der Waals surface area contributed by atoms with Crippen LogP contribution in [0.4, 0.5) is 0 Å². The van der Waals surface area contributed by atoms with Crippen molar-refractivity contribution in [2.75, 3.05) is 0 Å². The molecule has 5 N–H and O–H groups in total. The number of para-hydroxylation sites is 1. The summed E-state index contributed by atoms with van der Waals surface area (Å²) in [4.78, 5) is 24.7. The summed E-state index contributed by atoms with van der Waals surface area (Å²) in [7, 11) is 0. The van der Waals surface area contributed by atoms with Crippen LogP contribution in [0.25, 0.3) is 5.69 Å². The lowest BCUT2D eigenvalue weighted by atomic mass is 10.0. The molecule has 154 valence electrons. The molecule has 2 heterocycles. The predicted molar refractivity (Wildman–Crippen MR) is 110 cm³/mol. The van der Waals surface area contributed by atoms with Gasteiger partial charge in [0.05, 0.1) is 11.9 Å². The Morgan fingerprint density at radius 2 is 1.90 bits per heavy atom. The lowest BCUT2D eigenvalue weighted by Gasteiger charge is -2.11. The molecular weight excluding hydrogens is 408 g/mol. The third kappa shape index (κ3) is 4.28. The molecule has 1 fully saturated rings. The Morgan fingerprint density at radius 1 is 1.10 bits per heavy atom. The van der Waals surface area contributed by atoms with Gasteiger partial charge in [0.25, 0.3) is 11.8 Å². The number of hydrogen-bond acceptors (Lipinski definition) is 6. The SMILES string of the molecule is O=C(NNC(=O)C1CC(c2cccc(Cl)c2)NN1)c1nn(-c2ccccc2)cc1O. The van der Waals surface area contributed by atoms with Crippen LogP contribution in [0.15, 0.2) is 60.8 Å². The van der Waals surface area contributed by atoms with Crippen molar-refractivity contribution in [2.24, 2.45) is 0 Å². The Morgan fingerprint density at radius 3 is 2.67 bits per heavy atom. The second kappa shape index (κ2) is 8.54. The van der Waals surface area contributed by atoms with Gasteiger partial charge in [-0.25, -0.2) is 15.5 Å². The molecule has 0 saturated carbocycles. The highest BCUT2D eigenvalue weighted by molar-refractivity contribution is 6.30. The number of benzene rings is 2. The fourth-order valence-corrected chi connectivity index (χ4v) is 3.37. The third-order valence-corrected chi connectivity index (χ3v) is 4.94. The molecular formula is C20H19ClN6O3.